The number of carbonyl (C=O) groups excluding carboxylic acids is 1. The number of alkyl halides is 2. The highest BCUT2D eigenvalue weighted by Gasteiger charge is 2.42. The minimum absolute atomic E-state index is 0. The van der Waals surface area contributed by atoms with Crippen LogP contribution < -0.4 is 15.5 Å². The zero-order valence-electron chi connectivity index (χ0n) is 14.2. The fraction of sp³-hybridized carbons (Fsp3) is 0.500. The maximum absolute atomic E-state index is 13.2. The van der Waals surface area contributed by atoms with Crippen LogP contribution in [0.5, 0.6) is 0 Å². The predicted octanol–water partition coefficient (Wildman–Crippen LogP) is 2.91. The molecule has 1 unspecified atom stereocenters. The van der Waals surface area contributed by atoms with Crippen molar-refractivity contribution in [3.8, 4) is 0 Å². The smallest absolute Gasteiger partial charge is 0.262 e. The summed E-state index contributed by atoms with van der Waals surface area (Å²) >= 11 is 1.55. The summed E-state index contributed by atoms with van der Waals surface area (Å²) in [6.45, 7) is 2.55. The first-order valence-corrected chi connectivity index (χ1v) is 8.97. The third-order valence-corrected chi connectivity index (χ3v) is 5.43. The van der Waals surface area contributed by atoms with Gasteiger partial charge in [-0.15, -0.1) is 24.8 Å². The molecule has 4 rings (SSSR count). The van der Waals surface area contributed by atoms with Crippen LogP contribution >= 0.6 is 36.2 Å². The van der Waals surface area contributed by atoms with Crippen molar-refractivity contribution in [2.24, 2.45) is 0 Å². The van der Waals surface area contributed by atoms with Gasteiger partial charge in [-0.25, -0.2) is 13.8 Å². The number of halogens is 4. The Hall–Kier alpha value is -1.26. The first kappa shape index (κ1) is 22.0. The molecule has 6 nitrogen and oxygen atoms in total. The molecule has 3 heterocycles. The number of nitrogens with one attached hydrogen (secondary N) is 2. The maximum Gasteiger partial charge on any atom is 0.262 e. The molecule has 11 heteroatoms. The molecule has 1 aromatic heterocycles. The van der Waals surface area contributed by atoms with Crippen LogP contribution in [0.15, 0.2) is 18.2 Å². The first-order valence-electron chi connectivity index (χ1n) is 8.16. The molecule has 0 bridgehead atoms. The predicted molar refractivity (Wildman–Crippen MR) is 107 cm³/mol. The summed E-state index contributed by atoms with van der Waals surface area (Å²) in [6, 6.07) is 4.55. The number of rotatable bonds is 3. The van der Waals surface area contributed by atoms with Gasteiger partial charge in [-0.1, -0.05) is 11.3 Å². The molecule has 1 aromatic carbocycles. The SMILES string of the molecule is Cl.Cl.O=C(Nc1ccc2nc(N3CCOCC3)sc2c1)C1CC(F)(F)CN1. The molecule has 150 valence electrons. The molecule has 27 heavy (non-hydrogen) atoms. The minimum atomic E-state index is -2.82. The van der Waals surface area contributed by atoms with Gasteiger partial charge in [0, 0.05) is 25.2 Å². The van der Waals surface area contributed by atoms with E-state index in [4.69, 9.17) is 4.74 Å². The summed E-state index contributed by atoms with van der Waals surface area (Å²) in [5.41, 5.74) is 1.45. The molecule has 2 aliphatic rings. The van der Waals surface area contributed by atoms with Crippen molar-refractivity contribution < 1.29 is 18.3 Å². The van der Waals surface area contributed by atoms with Crippen LogP contribution in [0.4, 0.5) is 19.6 Å². The number of thiazole rings is 1. The number of benzene rings is 1. The van der Waals surface area contributed by atoms with Gasteiger partial charge >= 0.3 is 0 Å². The summed E-state index contributed by atoms with van der Waals surface area (Å²) < 4.78 is 32.7. The normalized spacial score (nSPS) is 21.4. The molecule has 1 amide bonds. The molecular formula is C16H20Cl2F2N4O2S. The molecule has 2 aromatic rings. The summed E-state index contributed by atoms with van der Waals surface area (Å²) in [7, 11) is 0. The quantitative estimate of drug-likeness (QED) is 0.767. The van der Waals surface area contributed by atoms with Gasteiger partial charge in [-0.3, -0.25) is 10.1 Å². The molecule has 2 N–H and O–H groups in total. The molecule has 1 atom stereocenters. The van der Waals surface area contributed by atoms with Crippen LogP contribution in [0.1, 0.15) is 6.42 Å². The second-order valence-corrected chi connectivity index (χ2v) is 7.27. The van der Waals surface area contributed by atoms with Gasteiger partial charge in [-0.2, -0.15) is 0 Å². The lowest BCUT2D eigenvalue weighted by atomic mass is 10.2. The van der Waals surface area contributed by atoms with Crippen molar-refractivity contribution in [1.29, 1.82) is 0 Å². The second-order valence-electron chi connectivity index (χ2n) is 6.26. The van der Waals surface area contributed by atoms with Crippen LogP contribution in [0.2, 0.25) is 0 Å². The van der Waals surface area contributed by atoms with Gasteiger partial charge in [0.15, 0.2) is 5.13 Å². The van der Waals surface area contributed by atoms with E-state index in [1.54, 1.807) is 17.4 Å². The largest absolute Gasteiger partial charge is 0.378 e. The number of ether oxygens (including phenoxy) is 1. The molecular weight excluding hydrogens is 421 g/mol. The minimum Gasteiger partial charge on any atom is -0.378 e. The number of morpholine rings is 1. The zero-order chi connectivity index (χ0) is 17.4. The van der Waals surface area contributed by atoms with Crippen molar-refractivity contribution in [3.63, 3.8) is 0 Å². The van der Waals surface area contributed by atoms with E-state index in [1.807, 2.05) is 12.1 Å². The Bertz CT molecular complexity index is 802. The highest BCUT2D eigenvalue weighted by atomic mass is 35.5. The lowest BCUT2D eigenvalue weighted by Gasteiger charge is -2.25. The van der Waals surface area contributed by atoms with E-state index in [9.17, 15) is 13.6 Å². The van der Waals surface area contributed by atoms with Crippen LogP contribution in [-0.2, 0) is 9.53 Å². The Balaban J connectivity index is 0.00000131. The Labute approximate surface area is 171 Å². The standard InChI is InChI=1S/C16H18F2N4O2S.2ClH/c17-16(18)8-12(19-9-16)14(23)20-10-1-2-11-13(7-10)25-15(21-11)22-3-5-24-6-4-22;;/h1-2,7,12,19H,3-6,8-9H2,(H,20,23);2*1H. The topological polar surface area (TPSA) is 66.5 Å². The average molecular weight is 441 g/mol. The van der Waals surface area contributed by atoms with E-state index in [-0.39, 0.29) is 24.8 Å². The highest BCUT2D eigenvalue weighted by Crippen LogP contribution is 2.31. The van der Waals surface area contributed by atoms with Crippen LogP contribution in [0, 0.1) is 0 Å². The van der Waals surface area contributed by atoms with E-state index >= 15 is 0 Å². The molecule has 2 aliphatic heterocycles. The Kier molecular flexibility index (Phi) is 7.20. The number of hydrogen-bond donors (Lipinski definition) is 2. The van der Waals surface area contributed by atoms with Crippen LogP contribution in [0.3, 0.4) is 0 Å². The Morgan fingerprint density at radius 2 is 2.07 bits per heavy atom. The zero-order valence-corrected chi connectivity index (χ0v) is 16.7. The molecule has 2 fully saturated rings. The third-order valence-electron chi connectivity index (χ3n) is 4.35. The van der Waals surface area contributed by atoms with E-state index < -0.39 is 30.8 Å². The molecule has 0 saturated carbocycles. The number of hydrogen-bond acceptors (Lipinski definition) is 6. The summed E-state index contributed by atoms with van der Waals surface area (Å²) in [6.07, 6.45) is -0.469. The van der Waals surface area contributed by atoms with Gasteiger partial charge in [0.05, 0.1) is 36.0 Å². The highest BCUT2D eigenvalue weighted by molar-refractivity contribution is 7.22. The Morgan fingerprint density at radius 1 is 1.33 bits per heavy atom. The van der Waals surface area contributed by atoms with Gasteiger partial charge in [0.2, 0.25) is 5.91 Å². The van der Waals surface area contributed by atoms with E-state index in [0.717, 1.165) is 28.4 Å². The summed E-state index contributed by atoms with van der Waals surface area (Å²) in [5.74, 6) is -3.26. The van der Waals surface area contributed by atoms with Crippen molar-refractivity contribution in [2.75, 3.05) is 43.1 Å². The lowest BCUT2D eigenvalue weighted by Crippen LogP contribution is -2.36. The van der Waals surface area contributed by atoms with Gasteiger partial charge < -0.3 is 15.0 Å². The van der Waals surface area contributed by atoms with Gasteiger partial charge in [0.1, 0.15) is 0 Å². The number of nitrogens with zero attached hydrogens (tertiary/aromatic N) is 2. The Morgan fingerprint density at radius 3 is 2.74 bits per heavy atom. The maximum atomic E-state index is 13.2. The monoisotopic (exact) mass is 440 g/mol. The average Bonchev–Trinajstić information content (AvgIpc) is 3.18. The van der Waals surface area contributed by atoms with E-state index in [2.05, 4.69) is 20.5 Å². The first-order chi connectivity index (χ1) is 12.0. The van der Waals surface area contributed by atoms with E-state index in [1.165, 1.54) is 0 Å². The summed E-state index contributed by atoms with van der Waals surface area (Å²) in [4.78, 5) is 18.9. The summed E-state index contributed by atoms with van der Waals surface area (Å²) in [5, 5.41) is 6.20. The lowest BCUT2D eigenvalue weighted by molar-refractivity contribution is -0.118. The van der Waals surface area contributed by atoms with E-state index in [0.29, 0.717) is 18.9 Å². The number of aromatic nitrogens is 1. The van der Waals surface area contributed by atoms with Crippen LogP contribution in [0.25, 0.3) is 10.2 Å². The van der Waals surface area contributed by atoms with Crippen molar-refractivity contribution in [3.05, 3.63) is 18.2 Å². The molecule has 0 radical (unpaired) electrons. The third kappa shape index (κ3) is 4.97. The van der Waals surface area contributed by atoms with Crippen molar-refractivity contribution in [2.45, 2.75) is 18.4 Å². The molecule has 0 aliphatic carbocycles. The number of fused-ring (bicyclic) bond motifs is 1. The number of anilines is 2. The van der Waals surface area contributed by atoms with Crippen molar-refractivity contribution in [1.82, 2.24) is 10.3 Å². The number of carbonyl (C=O) groups is 1. The van der Waals surface area contributed by atoms with Crippen molar-refractivity contribution >= 4 is 63.1 Å². The second kappa shape index (κ2) is 8.83. The van der Waals surface area contributed by atoms with Gasteiger partial charge in [0.25, 0.3) is 5.92 Å². The number of amides is 1. The molecule has 0 spiro atoms. The molecule has 2 saturated heterocycles. The fourth-order valence-corrected chi connectivity index (χ4v) is 4.07. The fourth-order valence-electron chi connectivity index (χ4n) is 3.01. The van der Waals surface area contributed by atoms with Gasteiger partial charge in [-0.05, 0) is 18.2 Å². The van der Waals surface area contributed by atoms with Crippen LogP contribution in [-0.4, -0.2) is 55.7 Å².